The van der Waals surface area contributed by atoms with Crippen LogP contribution in [0, 0.1) is 0 Å². The summed E-state index contributed by atoms with van der Waals surface area (Å²) in [5, 5.41) is 11.7. The van der Waals surface area contributed by atoms with E-state index in [1.807, 2.05) is 18.2 Å². The van der Waals surface area contributed by atoms with Crippen LogP contribution in [-0.4, -0.2) is 23.7 Å². The summed E-state index contributed by atoms with van der Waals surface area (Å²) in [5.74, 6) is -0.527. The molecule has 0 heterocycles. The smallest absolute Gasteiger partial charge is 0.320 e. The molecule has 16 heavy (non-hydrogen) atoms. The minimum atomic E-state index is -0.818. The molecule has 3 nitrogen and oxygen atoms in total. The van der Waals surface area contributed by atoms with Gasteiger partial charge in [0.25, 0.3) is 0 Å². The van der Waals surface area contributed by atoms with Crippen molar-refractivity contribution in [3.8, 4) is 0 Å². The van der Waals surface area contributed by atoms with E-state index in [9.17, 15) is 4.79 Å². The molecule has 1 aromatic carbocycles. The number of carboxylic acid groups (broad SMARTS) is 1. The van der Waals surface area contributed by atoms with E-state index in [0.717, 1.165) is 4.47 Å². The van der Waals surface area contributed by atoms with Gasteiger partial charge in [0.1, 0.15) is 6.04 Å². The van der Waals surface area contributed by atoms with Gasteiger partial charge in [0, 0.05) is 11.0 Å². The van der Waals surface area contributed by atoms with Gasteiger partial charge >= 0.3 is 5.97 Å². The Morgan fingerprint density at radius 1 is 1.50 bits per heavy atom. The molecule has 2 unspecified atom stereocenters. The summed E-state index contributed by atoms with van der Waals surface area (Å²) in [5.41, 5.74) is 1.19. The van der Waals surface area contributed by atoms with E-state index < -0.39 is 12.0 Å². The molecule has 1 rings (SSSR count). The second-order valence-corrected chi connectivity index (χ2v) is 4.84. The molecule has 0 radical (unpaired) electrons. The second-order valence-electron chi connectivity index (χ2n) is 3.92. The number of benzene rings is 1. The highest BCUT2D eigenvalue weighted by Crippen LogP contribution is 2.19. The monoisotopic (exact) mass is 285 g/mol. The number of carboxylic acids is 1. The van der Waals surface area contributed by atoms with Crippen LogP contribution in [-0.2, 0) is 4.79 Å². The summed E-state index contributed by atoms with van der Waals surface area (Å²) in [6.45, 7) is 4.38. The van der Waals surface area contributed by atoms with Crippen molar-refractivity contribution in [2.75, 3.05) is 6.54 Å². The van der Waals surface area contributed by atoms with Gasteiger partial charge in [-0.15, -0.1) is 0 Å². The van der Waals surface area contributed by atoms with Gasteiger partial charge in [0.05, 0.1) is 0 Å². The van der Waals surface area contributed by atoms with Crippen LogP contribution in [0.3, 0.4) is 0 Å². The Labute approximate surface area is 104 Å². The van der Waals surface area contributed by atoms with Gasteiger partial charge in [-0.05, 0) is 30.5 Å². The van der Waals surface area contributed by atoms with Crippen molar-refractivity contribution < 1.29 is 9.90 Å². The molecule has 2 atom stereocenters. The lowest BCUT2D eigenvalue weighted by molar-refractivity contribution is -0.139. The fourth-order valence-electron chi connectivity index (χ4n) is 1.37. The first kappa shape index (κ1) is 13.2. The van der Waals surface area contributed by atoms with Gasteiger partial charge in [-0.1, -0.05) is 35.0 Å². The van der Waals surface area contributed by atoms with E-state index in [4.69, 9.17) is 5.11 Å². The maximum absolute atomic E-state index is 10.6. The van der Waals surface area contributed by atoms with Crippen LogP contribution in [0.15, 0.2) is 28.7 Å². The average molecular weight is 286 g/mol. The van der Waals surface area contributed by atoms with Crippen molar-refractivity contribution in [3.05, 3.63) is 34.3 Å². The first-order chi connectivity index (χ1) is 7.50. The van der Waals surface area contributed by atoms with Crippen molar-refractivity contribution in [2.24, 2.45) is 0 Å². The third kappa shape index (κ3) is 3.94. The molecule has 0 bridgehead atoms. The Hall–Kier alpha value is -0.870. The average Bonchev–Trinajstić information content (AvgIpc) is 2.25. The zero-order valence-corrected chi connectivity index (χ0v) is 11.0. The molecule has 0 saturated carbocycles. The predicted molar refractivity (Wildman–Crippen MR) is 67.7 cm³/mol. The Kier molecular flexibility index (Phi) is 4.96. The normalized spacial score (nSPS) is 14.4. The van der Waals surface area contributed by atoms with Gasteiger partial charge in [-0.25, -0.2) is 0 Å². The van der Waals surface area contributed by atoms with Crippen LogP contribution in [0.1, 0.15) is 25.3 Å². The SMILES string of the molecule is CC(NCC(C)c1cccc(Br)c1)C(=O)O. The molecule has 4 heteroatoms. The maximum Gasteiger partial charge on any atom is 0.320 e. The highest BCUT2D eigenvalue weighted by molar-refractivity contribution is 9.10. The molecule has 0 amide bonds. The van der Waals surface area contributed by atoms with E-state index in [0.29, 0.717) is 12.5 Å². The lowest BCUT2D eigenvalue weighted by atomic mass is 10.0. The van der Waals surface area contributed by atoms with E-state index in [1.165, 1.54) is 5.56 Å². The Bertz CT molecular complexity index is 368. The fourth-order valence-corrected chi connectivity index (χ4v) is 1.79. The van der Waals surface area contributed by atoms with Crippen LogP contribution in [0.2, 0.25) is 0 Å². The number of halogens is 1. The number of rotatable bonds is 5. The zero-order valence-electron chi connectivity index (χ0n) is 9.40. The topological polar surface area (TPSA) is 49.3 Å². The van der Waals surface area contributed by atoms with Crippen molar-refractivity contribution in [2.45, 2.75) is 25.8 Å². The van der Waals surface area contributed by atoms with Gasteiger partial charge in [0.15, 0.2) is 0 Å². The Morgan fingerprint density at radius 2 is 2.19 bits per heavy atom. The molecule has 2 N–H and O–H groups in total. The number of nitrogens with one attached hydrogen (secondary N) is 1. The summed E-state index contributed by atoms with van der Waals surface area (Å²) >= 11 is 3.42. The molecule has 1 aromatic rings. The van der Waals surface area contributed by atoms with E-state index in [2.05, 4.69) is 34.2 Å². The Morgan fingerprint density at radius 3 is 2.75 bits per heavy atom. The van der Waals surface area contributed by atoms with Gasteiger partial charge in [0.2, 0.25) is 0 Å². The summed E-state index contributed by atoms with van der Waals surface area (Å²) in [7, 11) is 0. The molecule has 0 fully saturated rings. The van der Waals surface area contributed by atoms with E-state index >= 15 is 0 Å². The number of carbonyl (C=O) groups is 1. The van der Waals surface area contributed by atoms with Crippen LogP contribution < -0.4 is 5.32 Å². The van der Waals surface area contributed by atoms with Crippen molar-refractivity contribution in [1.29, 1.82) is 0 Å². The highest BCUT2D eigenvalue weighted by Gasteiger charge is 2.12. The van der Waals surface area contributed by atoms with Crippen molar-refractivity contribution in [1.82, 2.24) is 5.32 Å². The number of hydrogen-bond acceptors (Lipinski definition) is 2. The molecular weight excluding hydrogens is 270 g/mol. The summed E-state index contributed by atoms with van der Waals surface area (Å²) < 4.78 is 1.04. The molecular formula is C12H16BrNO2. The highest BCUT2D eigenvalue weighted by atomic mass is 79.9. The molecule has 88 valence electrons. The second kappa shape index (κ2) is 6.01. The van der Waals surface area contributed by atoms with Crippen LogP contribution in [0.5, 0.6) is 0 Å². The molecule has 0 aliphatic heterocycles. The standard InChI is InChI=1S/C12H16BrNO2/c1-8(7-14-9(2)12(15)16)10-4-3-5-11(13)6-10/h3-6,8-9,14H,7H2,1-2H3,(H,15,16). The first-order valence-corrected chi connectivity index (χ1v) is 6.01. The van der Waals surface area contributed by atoms with E-state index in [-0.39, 0.29) is 0 Å². The number of aliphatic carboxylic acids is 1. The van der Waals surface area contributed by atoms with E-state index in [1.54, 1.807) is 6.92 Å². The number of hydrogen-bond donors (Lipinski definition) is 2. The summed E-state index contributed by atoms with van der Waals surface area (Å²) in [4.78, 5) is 10.6. The fraction of sp³-hybridized carbons (Fsp3) is 0.417. The molecule has 0 aliphatic rings. The minimum absolute atomic E-state index is 0.291. The van der Waals surface area contributed by atoms with Crippen molar-refractivity contribution >= 4 is 21.9 Å². The largest absolute Gasteiger partial charge is 0.480 e. The van der Waals surface area contributed by atoms with Crippen LogP contribution >= 0.6 is 15.9 Å². The van der Waals surface area contributed by atoms with Gasteiger partial charge in [-0.2, -0.15) is 0 Å². The quantitative estimate of drug-likeness (QED) is 0.874. The predicted octanol–water partition coefficient (Wildman–Crippen LogP) is 2.62. The lowest BCUT2D eigenvalue weighted by Gasteiger charge is -2.15. The third-order valence-electron chi connectivity index (χ3n) is 2.52. The summed E-state index contributed by atoms with van der Waals surface area (Å²) in [6, 6.07) is 7.55. The van der Waals surface area contributed by atoms with Gasteiger partial charge in [-0.3, -0.25) is 4.79 Å². The Balaban J connectivity index is 2.52. The van der Waals surface area contributed by atoms with Crippen LogP contribution in [0.4, 0.5) is 0 Å². The third-order valence-corrected chi connectivity index (χ3v) is 3.01. The molecule has 0 saturated heterocycles. The minimum Gasteiger partial charge on any atom is -0.480 e. The molecule has 0 spiro atoms. The summed E-state index contributed by atoms with van der Waals surface area (Å²) in [6.07, 6.45) is 0. The van der Waals surface area contributed by atoms with Crippen LogP contribution in [0.25, 0.3) is 0 Å². The zero-order chi connectivity index (χ0) is 12.1. The maximum atomic E-state index is 10.6. The van der Waals surface area contributed by atoms with Gasteiger partial charge < -0.3 is 10.4 Å². The first-order valence-electron chi connectivity index (χ1n) is 5.22. The molecule has 0 aliphatic carbocycles. The molecule has 0 aromatic heterocycles. The van der Waals surface area contributed by atoms with Crippen molar-refractivity contribution in [3.63, 3.8) is 0 Å². The lowest BCUT2D eigenvalue weighted by Crippen LogP contribution is -2.35.